The molecule has 0 spiro atoms. The molecular formula is C11H15N3O4S. The van der Waals surface area contributed by atoms with Gasteiger partial charge >= 0.3 is 0 Å². The number of nitrogens with zero attached hydrogens (tertiary/aromatic N) is 1. The second-order valence-corrected chi connectivity index (χ2v) is 6.08. The Morgan fingerprint density at radius 1 is 1.47 bits per heavy atom. The second-order valence-electron chi connectivity index (χ2n) is 4.34. The predicted octanol–water partition coefficient (Wildman–Crippen LogP) is 0.354. The molecule has 0 bridgehead atoms. The third-order valence-corrected chi connectivity index (χ3v) is 3.03. The average molecular weight is 285 g/mol. The zero-order valence-corrected chi connectivity index (χ0v) is 11.5. The molecule has 19 heavy (non-hydrogen) atoms. The van der Waals surface area contributed by atoms with E-state index in [2.05, 4.69) is 15.0 Å². The van der Waals surface area contributed by atoms with Crippen molar-refractivity contribution in [1.29, 1.82) is 0 Å². The van der Waals surface area contributed by atoms with Gasteiger partial charge in [0.25, 0.3) is 5.91 Å². The van der Waals surface area contributed by atoms with Gasteiger partial charge in [-0.2, -0.15) is 0 Å². The molecule has 0 unspecified atom stereocenters. The van der Waals surface area contributed by atoms with Gasteiger partial charge < -0.3 is 10.1 Å². The lowest BCUT2D eigenvalue weighted by Gasteiger charge is -2.11. The first-order chi connectivity index (χ1) is 8.89. The minimum absolute atomic E-state index is 0.0873. The van der Waals surface area contributed by atoms with Crippen molar-refractivity contribution in [3.8, 4) is 5.75 Å². The van der Waals surface area contributed by atoms with Crippen molar-refractivity contribution in [2.24, 2.45) is 0 Å². The van der Waals surface area contributed by atoms with Crippen LogP contribution < -0.4 is 14.8 Å². The zero-order valence-electron chi connectivity index (χ0n) is 10.6. The first-order valence-electron chi connectivity index (χ1n) is 5.75. The number of carbonyl (C=O) groups is 1. The highest BCUT2D eigenvalue weighted by Crippen LogP contribution is 2.29. The summed E-state index contributed by atoms with van der Waals surface area (Å²) in [7, 11) is -1.94. The summed E-state index contributed by atoms with van der Waals surface area (Å²) < 4.78 is 30.1. The number of amides is 1. The summed E-state index contributed by atoms with van der Waals surface area (Å²) in [5, 5.41) is 2.48. The van der Waals surface area contributed by atoms with Gasteiger partial charge in [-0.3, -0.25) is 9.52 Å². The van der Waals surface area contributed by atoms with E-state index in [1.807, 2.05) is 0 Å². The van der Waals surface area contributed by atoms with Crippen molar-refractivity contribution in [2.45, 2.75) is 18.9 Å². The second kappa shape index (κ2) is 5.04. The molecule has 8 heteroatoms. The Morgan fingerprint density at radius 3 is 2.68 bits per heavy atom. The van der Waals surface area contributed by atoms with Gasteiger partial charge in [-0.05, 0) is 18.9 Å². The Morgan fingerprint density at radius 2 is 2.16 bits per heavy atom. The molecule has 1 aliphatic carbocycles. The average Bonchev–Trinajstić information content (AvgIpc) is 3.12. The van der Waals surface area contributed by atoms with Gasteiger partial charge in [0.2, 0.25) is 10.0 Å². The van der Waals surface area contributed by atoms with Crippen molar-refractivity contribution in [3.05, 3.63) is 17.8 Å². The number of sulfonamides is 1. The monoisotopic (exact) mass is 285 g/mol. The highest BCUT2D eigenvalue weighted by Gasteiger charge is 2.26. The fourth-order valence-corrected chi connectivity index (χ4v) is 1.95. The fourth-order valence-electron chi connectivity index (χ4n) is 1.46. The maximum atomic E-state index is 11.8. The van der Waals surface area contributed by atoms with E-state index in [-0.39, 0.29) is 23.4 Å². The number of hydrogen-bond acceptors (Lipinski definition) is 5. The molecular weight excluding hydrogens is 270 g/mol. The maximum absolute atomic E-state index is 11.8. The molecule has 2 rings (SSSR count). The molecule has 2 N–H and O–H groups in total. The third kappa shape index (κ3) is 3.82. The number of pyridine rings is 1. The molecule has 1 aromatic heterocycles. The van der Waals surface area contributed by atoms with Crippen molar-refractivity contribution < 1.29 is 17.9 Å². The van der Waals surface area contributed by atoms with Gasteiger partial charge in [0.15, 0.2) is 5.75 Å². The molecule has 1 fully saturated rings. The van der Waals surface area contributed by atoms with Crippen LogP contribution in [0.25, 0.3) is 0 Å². The van der Waals surface area contributed by atoms with Crippen LogP contribution in [0.3, 0.4) is 0 Å². The Hall–Kier alpha value is -1.83. The minimum Gasteiger partial charge on any atom is -0.488 e. The maximum Gasteiger partial charge on any atom is 0.254 e. The number of anilines is 1. The normalized spacial score (nSPS) is 14.8. The van der Waals surface area contributed by atoms with E-state index in [9.17, 15) is 13.2 Å². The number of carbonyl (C=O) groups excluding carboxylic acids is 1. The summed E-state index contributed by atoms with van der Waals surface area (Å²) in [6.45, 7) is 0. The van der Waals surface area contributed by atoms with Gasteiger partial charge in [0.1, 0.15) is 5.82 Å². The minimum atomic E-state index is -3.43. The number of nitrogens with one attached hydrogen (secondary N) is 2. The van der Waals surface area contributed by atoms with Crippen LogP contribution in [0.2, 0.25) is 0 Å². The van der Waals surface area contributed by atoms with E-state index in [1.165, 1.54) is 19.3 Å². The topological polar surface area (TPSA) is 97.4 Å². The van der Waals surface area contributed by atoms with Crippen LogP contribution in [0.5, 0.6) is 5.75 Å². The molecule has 1 heterocycles. The van der Waals surface area contributed by atoms with E-state index in [0.29, 0.717) is 5.75 Å². The van der Waals surface area contributed by atoms with Crippen LogP contribution in [-0.2, 0) is 10.0 Å². The van der Waals surface area contributed by atoms with Crippen molar-refractivity contribution in [3.63, 3.8) is 0 Å². The fraction of sp³-hybridized carbons (Fsp3) is 0.455. The van der Waals surface area contributed by atoms with Crippen LogP contribution >= 0.6 is 0 Å². The van der Waals surface area contributed by atoms with E-state index in [0.717, 1.165) is 19.1 Å². The van der Waals surface area contributed by atoms with E-state index < -0.39 is 10.0 Å². The first-order valence-corrected chi connectivity index (χ1v) is 7.65. The first kappa shape index (κ1) is 13.6. The Labute approximate surface area is 111 Å². The summed E-state index contributed by atoms with van der Waals surface area (Å²) >= 11 is 0. The smallest absolute Gasteiger partial charge is 0.254 e. The van der Waals surface area contributed by atoms with Crippen molar-refractivity contribution in [2.75, 3.05) is 18.0 Å². The zero-order chi connectivity index (χ0) is 14.0. The number of aromatic nitrogens is 1. The van der Waals surface area contributed by atoms with E-state index in [1.54, 1.807) is 0 Å². The van der Waals surface area contributed by atoms with Crippen molar-refractivity contribution in [1.82, 2.24) is 10.3 Å². The highest BCUT2D eigenvalue weighted by atomic mass is 32.2. The summed E-state index contributed by atoms with van der Waals surface area (Å²) in [5.74, 6) is 0.0970. The molecule has 1 amide bonds. The number of ether oxygens (including phenoxy) is 1. The van der Waals surface area contributed by atoms with Gasteiger partial charge in [-0.25, -0.2) is 13.4 Å². The van der Waals surface area contributed by atoms with Gasteiger partial charge in [-0.1, -0.05) is 0 Å². The largest absolute Gasteiger partial charge is 0.488 e. The molecule has 1 aliphatic rings. The quantitative estimate of drug-likeness (QED) is 0.813. The molecule has 1 saturated carbocycles. The summed E-state index contributed by atoms with van der Waals surface area (Å²) in [6, 6.07) is 1.36. The van der Waals surface area contributed by atoms with Crippen LogP contribution in [0, 0.1) is 0 Å². The summed E-state index contributed by atoms with van der Waals surface area (Å²) in [5.41, 5.74) is 0.260. The molecule has 7 nitrogen and oxygen atoms in total. The van der Waals surface area contributed by atoms with Gasteiger partial charge in [0, 0.05) is 7.05 Å². The van der Waals surface area contributed by atoms with Crippen LogP contribution in [0.15, 0.2) is 12.3 Å². The Balaban J connectivity index is 2.31. The molecule has 104 valence electrons. The van der Waals surface area contributed by atoms with Crippen molar-refractivity contribution >= 4 is 21.7 Å². The SMILES string of the molecule is CNC(=O)c1cc(NS(C)(=O)=O)ncc1OC1CC1. The summed E-state index contributed by atoms with van der Waals surface area (Å²) in [6.07, 6.45) is 4.41. The number of rotatable bonds is 5. The Bertz CT molecular complexity index is 596. The molecule has 0 aliphatic heterocycles. The summed E-state index contributed by atoms with van der Waals surface area (Å²) in [4.78, 5) is 15.7. The van der Waals surface area contributed by atoms with E-state index in [4.69, 9.17) is 4.74 Å². The highest BCUT2D eigenvalue weighted by molar-refractivity contribution is 7.92. The standard InChI is InChI=1S/C11H15N3O4S/c1-12-11(15)8-5-10(14-19(2,16)17)13-6-9(8)18-7-3-4-7/h5-7H,3-4H2,1-2H3,(H,12,15)(H,13,14). The lowest BCUT2D eigenvalue weighted by Crippen LogP contribution is -2.20. The molecule has 0 saturated heterocycles. The van der Waals surface area contributed by atoms with Crippen LogP contribution in [0.1, 0.15) is 23.2 Å². The molecule has 0 atom stereocenters. The van der Waals surface area contributed by atoms with Gasteiger partial charge in [0.05, 0.1) is 24.1 Å². The number of hydrogen-bond donors (Lipinski definition) is 2. The molecule has 0 aromatic carbocycles. The van der Waals surface area contributed by atoms with Gasteiger partial charge in [-0.15, -0.1) is 0 Å². The van der Waals surface area contributed by atoms with Crippen LogP contribution in [-0.4, -0.2) is 38.7 Å². The molecule has 0 radical (unpaired) electrons. The Kier molecular flexibility index (Phi) is 3.61. The third-order valence-electron chi connectivity index (χ3n) is 2.45. The van der Waals surface area contributed by atoms with E-state index >= 15 is 0 Å². The van der Waals surface area contributed by atoms with Crippen LogP contribution in [0.4, 0.5) is 5.82 Å². The predicted molar refractivity (Wildman–Crippen MR) is 69.7 cm³/mol. The molecule has 1 aromatic rings. The lowest BCUT2D eigenvalue weighted by atomic mass is 10.2. The lowest BCUT2D eigenvalue weighted by molar-refractivity contribution is 0.0958.